The van der Waals surface area contributed by atoms with E-state index in [-0.39, 0.29) is 23.1 Å². The van der Waals surface area contributed by atoms with Gasteiger partial charge in [-0.05, 0) is 137 Å². The Bertz CT molecular complexity index is 3430. The van der Waals surface area contributed by atoms with E-state index in [1.165, 1.54) is 117 Å². The average Bonchev–Trinajstić information content (AvgIpc) is 3.59. The number of anilines is 5. The van der Waals surface area contributed by atoms with Gasteiger partial charge in [-0.15, -0.1) is 0 Å². The highest BCUT2D eigenvalue weighted by Crippen LogP contribution is 2.55. The lowest BCUT2D eigenvalue weighted by atomic mass is 9.41. The molecule has 68 heavy (non-hydrogen) atoms. The Morgan fingerprint density at radius 1 is 0.368 bits per heavy atom. The van der Waals surface area contributed by atoms with Crippen LogP contribution in [0.15, 0.2) is 200 Å². The van der Waals surface area contributed by atoms with E-state index in [0.29, 0.717) is 0 Å². The van der Waals surface area contributed by atoms with Crippen LogP contribution in [0.25, 0.3) is 55.6 Å². The molecular weight excluding hydrogens is 820 g/mol. The van der Waals surface area contributed by atoms with Crippen LogP contribution in [0.2, 0.25) is 0 Å². The normalized spacial score (nSPS) is 14.2. The van der Waals surface area contributed by atoms with Gasteiger partial charge in [0.1, 0.15) is 0 Å². The Hall–Kier alpha value is -7.36. The van der Waals surface area contributed by atoms with Gasteiger partial charge in [-0.25, -0.2) is 0 Å². The summed E-state index contributed by atoms with van der Waals surface area (Å²) in [4.78, 5) is 5.36. The van der Waals surface area contributed by atoms with Gasteiger partial charge in [0.2, 0.25) is 0 Å². The standard InChI is InChI=1S/C65H57BN2/c1-63(2,3)47-29-32-49(33-30-47)68-58-39-45(42-20-12-9-13-21-42)28-34-51(58)54-38-46(43-22-14-10-15-23-43)40-59-61(54)66(68)62-57(37-35-52-50-26-18-19-27-55(50)65(7,8)60(52)62)67(59)56-36-31-48(64(4,5)6)41-53(56)44-24-16-11-17-25-44/h9-41H,1-8H3. The van der Waals surface area contributed by atoms with Crippen molar-refractivity contribution in [1.82, 2.24) is 0 Å². The fourth-order valence-electron chi connectivity index (χ4n) is 11.7. The Morgan fingerprint density at radius 2 is 0.926 bits per heavy atom. The number of nitrogens with zero attached hydrogens (tertiary/aromatic N) is 2. The molecule has 2 nitrogen and oxygen atoms in total. The highest BCUT2D eigenvalue weighted by Gasteiger charge is 2.50. The molecule has 330 valence electrons. The molecule has 2 aliphatic heterocycles. The van der Waals surface area contributed by atoms with Crippen LogP contribution in [0.5, 0.6) is 0 Å². The molecule has 0 atom stereocenters. The predicted octanol–water partition coefficient (Wildman–Crippen LogP) is 16.3. The quantitative estimate of drug-likeness (QED) is 0.159. The minimum absolute atomic E-state index is 0.0139. The summed E-state index contributed by atoms with van der Waals surface area (Å²) >= 11 is 0. The van der Waals surface area contributed by atoms with E-state index in [0.717, 1.165) is 0 Å². The number of hydrogen-bond acceptors (Lipinski definition) is 2. The number of fused-ring (bicyclic) bond motifs is 8. The SMILES string of the molecule is CC(C)(C)c1ccc(N2B3c4c(cc(-c5ccccc5)cc4N(c4ccc(C(C)(C)C)cc4-c4ccccc4)c4ccc5c(c43)C(C)(C)c3ccccc3-5)-c3ccc(-c4ccccc4)cc32)cc1. The maximum atomic E-state index is 2.71. The Kier molecular flexibility index (Phi) is 9.48. The van der Waals surface area contributed by atoms with Gasteiger partial charge >= 0.3 is 6.85 Å². The van der Waals surface area contributed by atoms with E-state index < -0.39 is 0 Å². The lowest BCUT2D eigenvalue weighted by Gasteiger charge is -2.48. The summed E-state index contributed by atoms with van der Waals surface area (Å²) in [6.45, 7) is 18.6. The summed E-state index contributed by atoms with van der Waals surface area (Å²) in [5.74, 6) is 0. The molecule has 2 heterocycles. The summed E-state index contributed by atoms with van der Waals surface area (Å²) < 4.78 is 0. The van der Waals surface area contributed by atoms with Crippen LogP contribution in [0.3, 0.4) is 0 Å². The van der Waals surface area contributed by atoms with E-state index >= 15 is 0 Å². The van der Waals surface area contributed by atoms with E-state index in [4.69, 9.17) is 0 Å². The number of benzene rings is 9. The monoisotopic (exact) mass is 876 g/mol. The molecule has 0 unspecified atom stereocenters. The lowest BCUT2D eigenvalue weighted by molar-refractivity contribution is 0.590. The second-order valence-corrected chi connectivity index (χ2v) is 21.8. The number of hydrogen-bond donors (Lipinski definition) is 0. The predicted molar refractivity (Wildman–Crippen MR) is 291 cm³/mol. The van der Waals surface area contributed by atoms with Gasteiger partial charge in [0.25, 0.3) is 0 Å². The van der Waals surface area contributed by atoms with Crippen LogP contribution < -0.4 is 20.6 Å². The third kappa shape index (κ3) is 6.54. The van der Waals surface area contributed by atoms with Crippen LogP contribution >= 0.6 is 0 Å². The Labute approximate surface area is 403 Å². The first-order valence-corrected chi connectivity index (χ1v) is 24.4. The highest BCUT2D eigenvalue weighted by atomic mass is 15.2. The Balaban J connectivity index is 1.25. The van der Waals surface area contributed by atoms with Crippen LogP contribution in [0, 0.1) is 0 Å². The Morgan fingerprint density at radius 3 is 1.59 bits per heavy atom. The molecule has 0 N–H and O–H groups in total. The maximum absolute atomic E-state index is 2.71. The van der Waals surface area contributed by atoms with Crippen LogP contribution in [-0.2, 0) is 16.2 Å². The van der Waals surface area contributed by atoms with Crippen molar-refractivity contribution in [3.8, 4) is 55.6 Å². The van der Waals surface area contributed by atoms with Crippen molar-refractivity contribution in [2.75, 3.05) is 9.71 Å². The zero-order valence-electron chi connectivity index (χ0n) is 40.5. The molecule has 12 rings (SSSR count). The van der Waals surface area contributed by atoms with E-state index in [2.05, 4.69) is 265 Å². The molecule has 0 radical (unpaired) electrons. The fraction of sp³-hybridized carbons (Fsp3) is 0.169. The zero-order chi connectivity index (χ0) is 46.7. The van der Waals surface area contributed by atoms with Gasteiger partial charge in [-0.3, -0.25) is 0 Å². The van der Waals surface area contributed by atoms with E-state index in [9.17, 15) is 0 Å². The first kappa shape index (κ1) is 42.0. The van der Waals surface area contributed by atoms with Gasteiger partial charge in [-0.2, -0.15) is 0 Å². The van der Waals surface area contributed by atoms with Crippen molar-refractivity contribution in [2.24, 2.45) is 0 Å². The van der Waals surface area contributed by atoms with Gasteiger partial charge in [0, 0.05) is 39.3 Å². The second kappa shape index (κ2) is 15.3. The van der Waals surface area contributed by atoms with Crippen molar-refractivity contribution < 1.29 is 0 Å². The van der Waals surface area contributed by atoms with Crippen molar-refractivity contribution in [1.29, 1.82) is 0 Å². The first-order valence-electron chi connectivity index (χ1n) is 24.4. The van der Waals surface area contributed by atoms with E-state index in [1.807, 2.05) is 0 Å². The maximum Gasteiger partial charge on any atom is 0.333 e. The summed E-state index contributed by atoms with van der Waals surface area (Å²) in [5, 5.41) is 0. The molecular formula is C65H57BN2. The van der Waals surface area contributed by atoms with Gasteiger partial charge in [-0.1, -0.05) is 207 Å². The molecule has 3 aliphatic rings. The molecule has 0 amide bonds. The molecule has 0 spiro atoms. The largest absolute Gasteiger partial charge is 0.376 e. The summed E-state index contributed by atoms with van der Waals surface area (Å²) in [6, 6.07) is 75.8. The van der Waals surface area contributed by atoms with Gasteiger partial charge in [0.15, 0.2) is 0 Å². The lowest BCUT2D eigenvalue weighted by Crippen LogP contribution is -2.63. The first-order chi connectivity index (χ1) is 32.8. The molecule has 0 saturated carbocycles. The second-order valence-electron chi connectivity index (χ2n) is 21.8. The molecule has 0 saturated heterocycles. The summed E-state index contributed by atoms with van der Waals surface area (Å²) in [7, 11) is 0. The van der Waals surface area contributed by atoms with Gasteiger partial charge < -0.3 is 9.71 Å². The molecule has 9 aromatic rings. The third-order valence-corrected chi connectivity index (χ3v) is 15.1. The smallest absolute Gasteiger partial charge is 0.333 e. The molecule has 0 fully saturated rings. The van der Waals surface area contributed by atoms with Crippen LogP contribution in [0.1, 0.15) is 77.6 Å². The van der Waals surface area contributed by atoms with Crippen LogP contribution in [0.4, 0.5) is 28.4 Å². The molecule has 9 aromatic carbocycles. The van der Waals surface area contributed by atoms with Crippen molar-refractivity contribution in [3.05, 3.63) is 222 Å². The minimum atomic E-state index is -0.281. The minimum Gasteiger partial charge on any atom is -0.376 e. The topological polar surface area (TPSA) is 6.48 Å². The molecule has 1 aliphatic carbocycles. The van der Waals surface area contributed by atoms with Crippen LogP contribution in [-0.4, -0.2) is 6.85 Å². The fourth-order valence-corrected chi connectivity index (χ4v) is 11.7. The molecule has 0 aromatic heterocycles. The summed E-state index contributed by atoms with van der Waals surface area (Å²) in [5.41, 5.74) is 26.2. The molecule has 3 heteroatoms. The molecule has 0 bridgehead atoms. The average molecular weight is 877 g/mol. The van der Waals surface area contributed by atoms with Crippen molar-refractivity contribution in [2.45, 2.75) is 71.6 Å². The third-order valence-electron chi connectivity index (χ3n) is 15.1. The van der Waals surface area contributed by atoms with Crippen molar-refractivity contribution >= 4 is 46.2 Å². The van der Waals surface area contributed by atoms with E-state index in [1.54, 1.807) is 0 Å². The van der Waals surface area contributed by atoms with Crippen molar-refractivity contribution in [3.63, 3.8) is 0 Å². The highest BCUT2D eigenvalue weighted by molar-refractivity contribution is 6.94. The zero-order valence-corrected chi connectivity index (χ0v) is 40.5. The van der Waals surface area contributed by atoms with Gasteiger partial charge in [0.05, 0.1) is 5.69 Å². The summed E-state index contributed by atoms with van der Waals surface area (Å²) in [6.07, 6.45) is 0. The number of rotatable bonds is 5.